The number of ketones is 1. The topological polar surface area (TPSA) is 78.9 Å². The van der Waals surface area contributed by atoms with Crippen LogP contribution in [0, 0.1) is 5.92 Å². The highest BCUT2D eigenvalue weighted by molar-refractivity contribution is 5.78. The third-order valence-corrected chi connectivity index (χ3v) is 3.04. The Hall–Kier alpha value is -2.18. The van der Waals surface area contributed by atoms with Crippen molar-refractivity contribution in [3.63, 3.8) is 0 Å². The molecule has 0 N–H and O–H groups in total. The summed E-state index contributed by atoms with van der Waals surface area (Å²) in [6.45, 7) is 5.96. The molecule has 0 aliphatic rings. The molecule has 2 aromatic heterocycles. The number of fused-ring (bicyclic) bond motifs is 1. The van der Waals surface area contributed by atoms with Crippen molar-refractivity contribution < 1.29 is 4.79 Å². The van der Waals surface area contributed by atoms with Crippen LogP contribution in [0.1, 0.15) is 20.8 Å². The van der Waals surface area contributed by atoms with Crippen LogP contribution in [-0.4, -0.2) is 24.5 Å². The SMILES string of the molecule is CC(=O)Cn1cnc2c1c(=O)n(C)c(=O)n2CC(C)C. The van der Waals surface area contributed by atoms with E-state index in [0.717, 1.165) is 4.57 Å². The molecule has 0 spiro atoms. The molecule has 2 rings (SSSR count). The summed E-state index contributed by atoms with van der Waals surface area (Å²) in [4.78, 5) is 39.8. The highest BCUT2D eigenvalue weighted by Gasteiger charge is 2.17. The van der Waals surface area contributed by atoms with Crippen LogP contribution in [-0.2, 0) is 24.9 Å². The molecule has 2 aromatic rings. The lowest BCUT2D eigenvalue weighted by molar-refractivity contribution is -0.117. The molecule has 2 heterocycles. The van der Waals surface area contributed by atoms with Crippen molar-refractivity contribution in [3.05, 3.63) is 27.2 Å². The summed E-state index contributed by atoms with van der Waals surface area (Å²) in [5, 5.41) is 0. The smallest absolute Gasteiger partial charge is 0.317 e. The van der Waals surface area contributed by atoms with E-state index in [1.165, 1.54) is 29.4 Å². The molecule has 0 radical (unpaired) electrons. The third kappa shape index (κ3) is 2.31. The predicted octanol–water partition coefficient (Wildman–Crippen LogP) is 0.142. The van der Waals surface area contributed by atoms with Crippen LogP contribution in [0.4, 0.5) is 0 Å². The zero-order valence-electron chi connectivity index (χ0n) is 12.1. The number of hydrogen-bond donors (Lipinski definition) is 0. The van der Waals surface area contributed by atoms with Crippen molar-refractivity contribution in [2.45, 2.75) is 33.9 Å². The van der Waals surface area contributed by atoms with Crippen LogP contribution in [0.15, 0.2) is 15.9 Å². The van der Waals surface area contributed by atoms with Gasteiger partial charge in [0.15, 0.2) is 11.2 Å². The number of aromatic nitrogens is 4. The molecular weight excluding hydrogens is 260 g/mol. The van der Waals surface area contributed by atoms with E-state index in [9.17, 15) is 14.4 Å². The fourth-order valence-corrected chi connectivity index (χ4v) is 2.19. The Balaban J connectivity index is 2.81. The second-order valence-electron chi connectivity index (χ2n) is 5.40. The van der Waals surface area contributed by atoms with Gasteiger partial charge in [0.05, 0.1) is 12.9 Å². The molecular formula is C13H18N4O3. The summed E-state index contributed by atoms with van der Waals surface area (Å²) >= 11 is 0. The zero-order valence-corrected chi connectivity index (χ0v) is 12.1. The van der Waals surface area contributed by atoms with Gasteiger partial charge in [-0.1, -0.05) is 13.8 Å². The first-order valence-corrected chi connectivity index (χ1v) is 6.47. The van der Waals surface area contributed by atoms with Gasteiger partial charge in [-0.25, -0.2) is 9.78 Å². The minimum Gasteiger partial charge on any atom is -0.317 e. The van der Waals surface area contributed by atoms with Crippen molar-refractivity contribution in [2.75, 3.05) is 0 Å². The summed E-state index contributed by atoms with van der Waals surface area (Å²) in [7, 11) is 1.44. The second-order valence-corrected chi connectivity index (χ2v) is 5.40. The lowest BCUT2D eigenvalue weighted by atomic mass is 10.2. The summed E-state index contributed by atoms with van der Waals surface area (Å²) in [6.07, 6.45) is 1.43. The number of hydrogen-bond acceptors (Lipinski definition) is 4. The zero-order chi connectivity index (χ0) is 15.0. The number of carbonyl (C=O) groups is 1. The van der Waals surface area contributed by atoms with Crippen LogP contribution >= 0.6 is 0 Å². The van der Waals surface area contributed by atoms with Gasteiger partial charge in [0.2, 0.25) is 0 Å². The summed E-state index contributed by atoms with van der Waals surface area (Å²) < 4.78 is 4.04. The molecule has 0 fully saturated rings. The lowest BCUT2D eigenvalue weighted by Gasteiger charge is -2.11. The summed E-state index contributed by atoms with van der Waals surface area (Å²) in [5.74, 6) is 0.166. The first-order chi connectivity index (χ1) is 9.32. The first-order valence-electron chi connectivity index (χ1n) is 6.47. The van der Waals surface area contributed by atoms with Gasteiger partial charge in [0, 0.05) is 13.6 Å². The van der Waals surface area contributed by atoms with Gasteiger partial charge in [0.1, 0.15) is 5.78 Å². The first kappa shape index (κ1) is 14.2. The van der Waals surface area contributed by atoms with E-state index in [4.69, 9.17) is 0 Å². The van der Waals surface area contributed by atoms with Gasteiger partial charge in [0.25, 0.3) is 5.56 Å². The van der Waals surface area contributed by atoms with Crippen molar-refractivity contribution in [2.24, 2.45) is 13.0 Å². The van der Waals surface area contributed by atoms with Crippen LogP contribution < -0.4 is 11.2 Å². The van der Waals surface area contributed by atoms with Crippen LogP contribution in [0.25, 0.3) is 11.2 Å². The largest absolute Gasteiger partial charge is 0.332 e. The van der Waals surface area contributed by atoms with E-state index in [2.05, 4.69) is 4.98 Å². The minimum atomic E-state index is -0.427. The Morgan fingerprint density at radius 2 is 2.00 bits per heavy atom. The third-order valence-electron chi connectivity index (χ3n) is 3.04. The maximum atomic E-state index is 12.2. The van der Waals surface area contributed by atoms with Gasteiger partial charge in [-0.2, -0.15) is 0 Å². The molecule has 0 saturated heterocycles. The molecule has 0 amide bonds. The fraction of sp³-hybridized carbons (Fsp3) is 0.538. The van der Waals surface area contributed by atoms with Gasteiger partial charge in [-0.05, 0) is 12.8 Å². The number of rotatable bonds is 4. The molecule has 0 bridgehead atoms. The fourth-order valence-electron chi connectivity index (χ4n) is 2.19. The Labute approximate surface area is 115 Å². The Morgan fingerprint density at radius 1 is 1.35 bits per heavy atom. The molecule has 20 heavy (non-hydrogen) atoms. The summed E-state index contributed by atoms with van der Waals surface area (Å²) in [6, 6.07) is 0. The van der Waals surface area contributed by atoms with Crippen LogP contribution in [0.3, 0.4) is 0 Å². The van der Waals surface area contributed by atoms with Crippen LogP contribution in [0.5, 0.6) is 0 Å². The number of nitrogens with zero attached hydrogens (tertiary/aromatic N) is 4. The average Bonchev–Trinajstić information content (AvgIpc) is 2.74. The molecule has 0 unspecified atom stereocenters. The normalized spacial score (nSPS) is 11.4. The molecule has 0 aromatic carbocycles. The lowest BCUT2D eigenvalue weighted by Crippen LogP contribution is -2.39. The van der Waals surface area contributed by atoms with Gasteiger partial charge >= 0.3 is 5.69 Å². The highest BCUT2D eigenvalue weighted by Crippen LogP contribution is 2.08. The van der Waals surface area contributed by atoms with Crippen molar-refractivity contribution >= 4 is 16.9 Å². The molecule has 0 saturated carbocycles. The minimum absolute atomic E-state index is 0.0750. The van der Waals surface area contributed by atoms with Crippen molar-refractivity contribution in [3.8, 4) is 0 Å². The number of imidazole rings is 1. The van der Waals surface area contributed by atoms with E-state index >= 15 is 0 Å². The Morgan fingerprint density at radius 3 is 2.55 bits per heavy atom. The molecule has 7 nitrogen and oxygen atoms in total. The van der Waals surface area contributed by atoms with Crippen LogP contribution in [0.2, 0.25) is 0 Å². The van der Waals surface area contributed by atoms with Gasteiger partial charge in [-0.15, -0.1) is 0 Å². The Kier molecular flexibility index (Phi) is 3.61. The number of Topliss-reactive ketones (excluding diaryl/α,β-unsaturated/α-hetero) is 1. The molecule has 108 valence electrons. The molecule has 0 aliphatic heterocycles. The predicted molar refractivity (Wildman–Crippen MR) is 74.8 cm³/mol. The van der Waals surface area contributed by atoms with Crippen molar-refractivity contribution in [1.82, 2.24) is 18.7 Å². The van der Waals surface area contributed by atoms with E-state index in [1.807, 2.05) is 13.8 Å². The molecule has 7 heteroatoms. The van der Waals surface area contributed by atoms with E-state index < -0.39 is 5.56 Å². The van der Waals surface area contributed by atoms with E-state index in [1.54, 1.807) is 0 Å². The Bertz CT molecular complexity index is 779. The van der Waals surface area contributed by atoms with Gasteiger partial charge < -0.3 is 4.57 Å². The highest BCUT2D eigenvalue weighted by atomic mass is 16.2. The average molecular weight is 278 g/mol. The van der Waals surface area contributed by atoms with E-state index in [-0.39, 0.29) is 23.9 Å². The summed E-state index contributed by atoms with van der Waals surface area (Å²) in [5.41, 5.74) is -0.177. The standard InChI is InChI=1S/C13H18N4O3/c1-8(2)5-17-11-10(12(19)15(4)13(17)20)16(7-14-11)6-9(3)18/h7-8H,5-6H2,1-4H3. The number of carbonyl (C=O) groups excluding carboxylic acids is 1. The second kappa shape index (κ2) is 5.07. The molecule has 0 atom stereocenters. The quantitative estimate of drug-likeness (QED) is 0.797. The van der Waals surface area contributed by atoms with Gasteiger partial charge in [-0.3, -0.25) is 18.7 Å². The van der Waals surface area contributed by atoms with E-state index in [0.29, 0.717) is 17.7 Å². The maximum Gasteiger partial charge on any atom is 0.332 e. The molecule has 0 aliphatic carbocycles. The monoisotopic (exact) mass is 278 g/mol. The van der Waals surface area contributed by atoms with Crippen molar-refractivity contribution in [1.29, 1.82) is 0 Å². The maximum absolute atomic E-state index is 12.2.